The fourth-order valence-electron chi connectivity index (χ4n) is 2.43. The van der Waals surface area contributed by atoms with Crippen molar-refractivity contribution in [1.29, 1.82) is 0 Å². The first kappa shape index (κ1) is 14.5. The highest BCUT2D eigenvalue weighted by molar-refractivity contribution is 6.29. The van der Waals surface area contributed by atoms with E-state index >= 15 is 0 Å². The van der Waals surface area contributed by atoms with Gasteiger partial charge in [-0.2, -0.15) is 0 Å². The highest BCUT2D eigenvalue weighted by Gasteiger charge is 2.29. The Kier molecular flexibility index (Phi) is 4.26. The number of halogens is 1. The summed E-state index contributed by atoms with van der Waals surface area (Å²) in [5, 5.41) is 0.470. The molecule has 0 spiro atoms. The number of hydrogen-bond donors (Lipinski definition) is 0. The molecule has 2 heterocycles. The van der Waals surface area contributed by atoms with Gasteiger partial charge in [-0.15, -0.1) is 0 Å². The smallest absolute Gasteiger partial charge is 0.308 e. The van der Waals surface area contributed by atoms with Crippen LogP contribution < -0.4 is 4.90 Å². The van der Waals surface area contributed by atoms with E-state index in [2.05, 4.69) is 19.6 Å². The van der Waals surface area contributed by atoms with Crippen LogP contribution in [-0.4, -0.2) is 48.8 Å². The van der Waals surface area contributed by atoms with Gasteiger partial charge in [-0.3, -0.25) is 4.79 Å². The van der Waals surface area contributed by atoms with Gasteiger partial charge in [0.1, 0.15) is 16.8 Å². The monoisotopic (exact) mass is 311 g/mol. The average Bonchev–Trinajstić information content (AvgIpc) is 3.31. The van der Waals surface area contributed by atoms with Crippen molar-refractivity contribution in [2.75, 3.05) is 31.7 Å². The molecule has 1 aliphatic heterocycles. The minimum absolute atomic E-state index is 0.177. The second kappa shape index (κ2) is 6.15. The molecule has 0 aromatic carbocycles. The molecule has 1 aliphatic carbocycles. The fraction of sp³-hybridized carbons (Fsp3) is 0.643. The maximum Gasteiger partial charge on any atom is 0.308 e. The van der Waals surface area contributed by atoms with Crippen molar-refractivity contribution < 1.29 is 14.3 Å². The maximum absolute atomic E-state index is 11.4. The Morgan fingerprint density at radius 1 is 1.52 bits per heavy atom. The average molecular weight is 312 g/mol. The molecule has 1 aromatic heterocycles. The van der Waals surface area contributed by atoms with E-state index in [-0.39, 0.29) is 18.5 Å². The predicted molar refractivity (Wildman–Crippen MR) is 77.6 cm³/mol. The largest absolute Gasteiger partial charge is 0.469 e. The molecule has 1 saturated carbocycles. The molecule has 0 bridgehead atoms. The molecule has 114 valence electrons. The summed E-state index contributed by atoms with van der Waals surface area (Å²) in [7, 11) is 1.38. The van der Waals surface area contributed by atoms with Crippen molar-refractivity contribution in [3.05, 3.63) is 17.0 Å². The minimum Gasteiger partial charge on any atom is -0.469 e. The van der Waals surface area contributed by atoms with Gasteiger partial charge in [-0.05, 0) is 12.8 Å². The van der Waals surface area contributed by atoms with Crippen LogP contribution in [0.15, 0.2) is 6.07 Å². The van der Waals surface area contributed by atoms with E-state index in [0.29, 0.717) is 24.2 Å². The molecule has 0 radical (unpaired) electrons. The van der Waals surface area contributed by atoms with Crippen LogP contribution in [0.2, 0.25) is 5.15 Å². The lowest BCUT2D eigenvalue weighted by molar-refractivity contribution is -0.144. The third-order valence-corrected chi connectivity index (χ3v) is 3.92. The normalized spacial score (nSPS) is 22.2. The number of carbonyl (C=O) groups excluding carboxylic acids is 1. The Balaban J connectivity index is 1.72. The van der Waals surface area contributed by atoms with Crippen molar-refractivity contribution >= 4 is 23.4 Å². The second-order valence-corrected chi connectivity index (χ2v) is 5.79. The molecule has 1 saturated heterocycles. The maximum atomic E-state index is 11.4. The summed E-state index contributed by atoms with van der Waals surface area (Å²) < 4.78 is 10.3. The number of rotatable bonds is 4. The first-order chi connectivity index (χ1) is 10.2. The number of aromatic nitrogens is 2. The summed E-state index contributed by atoms with van der Waals surface area (Å²) in [5.74, 6) is 1.83. The van der Waals surface area contributed by atoms with Crippen molar-refractivity contribution in [3.8, 4) is 0 Å². The SMILES string of the molecule is COC(=O)CC1CN(c2cc(Cl)nc(C3CC3)n2)CCO1. The van der Waals surface area contributed by atoms with Gasteiger partial charge in [0.05, 0.1) is 26.2 Å². The molecule has 0 amide bonds. The summed E-state index contributed by atoms with van der Waals surface area (Å²) in [6.07, 6.45) is 2.34. The van der Waals surface area contributed by atoms with Crippen molar-refractivity contribution in [1.82, 2.24) is 9.97 Å². The standard InChI is InChI=1S/C14H18ClN3O3/c1-20-13(19)6-10-8-18(4-5-21-10)12-7-11(15)16-14(17-12)9-2-3-9/h7,9-10H,2-6,8H2,1H3. The number of hydrogen-bond acceptors (Lipinski definition) is 6. The summed E-state index contributed by atoms with van der Waals surface area (Å²) in [6, 6.07) is 1.77. The van der Waals surface area contributed by atoms with Crippen LogP contribution in [0.4, 0.5) is 5.82 Å². The third kappa shape index (κ3) is 3.63. The molecule has 0 N–H and O–H groups in total. The zero-order chi connectivity index (χ0) is 14.8. The Bertz CT molecular complexity index is 536. The Labute approximate surface area is 128 Å². The lowest BCUT2D eigenvalue weighted by atomic mass is 10.2. The molecule has 2 fully saturated rings. The zero-order valence-electron chi connectivity index (χ0n) is 11.9. The fourth-order valence-corrected chi connectivity index (χ4v) is 2.61. The summed E-state index contributed by atoms with van der Waals surface area (Å²) in [6.45, 7) is 1.89. The molecule has 7 heteroatoms. The minimum atomic E-state index is -0.263. The van der Waals surface area contributed by atoms with E-state index in [0.717, 1.165) is 31.0 Å². The summed E-state index contributed by atoms with van der Waals surface area (Å²) in [5.41, 5.74) is 0. The number of ether oxygens (including phenoxy) is 2. The van der Waals surface area contributed by atoms with E-state index in [9.17, 15) is 4.79 Å². The van der Waals surface area contributed by atoms with Gasteiger partial charge in [0.15, 0.2) is 0 Å². The van der Waals surface area contributed by atoms with E-state index in [1.54, 1.807) is 6.07 Å². The molecular formula is C14H18ClN3O3. The van der Waals surface area contributed by atoms with E-state index < -0.39 is 0 Å². The van der Waals surface area contributed by atoms with Gasteiger partial charge in [0.2, 0.25) is 0 Å². The van der Waals surface area contributed by atoms with Crippen LogP contribution >= 0.6 is 11.6 Å². The number of anilines is 1. The van der Waals surface area contributed by atoms with E-state index in [1.165, 1.54) is 7.11 Å². The molecular weight excluding hydrogens is 294 g/mol. The lowest BCUT2D eigenvalue weighted by Crippen LogP contribution is -2.44. The van der Waals surface area contributed by atoms with Gasteiger partial charge in [0, 0.05) is 25.1 Å². The van der Waals surface area contributed by atoms with E-state index in [4.69, 9.17) is 16.3 Å². The van der Waals surface area contributed by atoms with Gasteiger partial charge in [0.25, 0.3) is 0 Å². The molecule has 2 aliphatic rings. The second-order valence-electron chi connectivity index (χ2n) is 5.40. The number of esters is 1. The molecule has 21 heavy (non-hydrogen) atoms. The van der Waals surface area contributed by atoms with Crippen molar-refractivity contribution in [3.63, 3.8) is 0 Å². The van der Waals surface area contributed by atoms with Gasteiger partial charge in [-0.1, -0.05) is 11.6 Å². The quantitative estimate of drug-likeness (QED) is 0.624. The molecule has 1 atom stereocenters. The van der Waals surface area contributed by atoms with Gasteiger partial charge in [-0.25, -0.2) is 9.97 Å². The first-order valence-corrected chi connectivity index (χ1v) is 7.51. The van der Waals surface area contributed by atoms with Crippen LogP contribution in [0.25, 0.3) is 0 Å². The molecule has 1 unspecified atom stereocenters. The highest BCUT2D eigenvalue weighted by atomic mass is 35.5. The Hall–Kier alpha value is -1.40. The number of methoxy groups -OCH3 is 1. The number of carbonyl (C=O) groups is 1. The van der Waals surface area contributed by atoms with Crippen LogP contribution in [0, 0.1) is 0 Å². The third-order valence-electron chi connectivity index (χ3n) is 3.73. The number of nitrogens with zero attached hydrogens (tertiary/aromatic N) is 3. The Morgan fingerprint density at radius 3 is 3.05 bits per heavy atom. The van der Waals surface area contributed by atoms with Crippen LogP contribution in [0.1, 0.15) is 31.0 Å². The summed E-state index contributed by atoms with van der Waals surface area (Å²) >= 11 is 6.10. The molecule has 3 rings (SSSR count). The van der Waals surface area contributed by atoms with Crippen molar-refractivity contribution in [2.45, 2.75) is 31.3 Å². The highest BCUT2D eigenvalue weighted by Crippen LogP contribution is 2.39. The van der Waals surface area contributed by atoms with Crippen molar-refractivity contribution in [2.24, 2.45) is 0 Å². The molecule has 1 aromatic rings. The van der Waals surface area contributed by atoms with Crippen LogP contribution in [0.3, 0.4) is 0 Å². The zero-order valence-corrected chi connectivity index (χ0v) is 12.7. The first-order valence-electron chi connectivity index (χ1n) is 7.13. The van der Waals surface area contributed by atoms with Gasteiger partial charge >= 0.3 is 5.97 Å². The molecule has 6 nitrogen and oxygen atoms in total. The Morgan fingerprint density at radius 2 is 2.33 bits per heavy atom. The lowest BCUT2D eigenvalue weighted by Gasteiger charge is -2.33. The van der Waals surface area contributed by atoms with Crippen LogP contribution in [-0.2, 0) is 14.3 Å². The van der Waals surface area contributed by atoms with E-state index in [1.807, 2.05) is 0 Å². The number of morpholine rings is 1. The summed E-state index contributed by atoms with van der Waals surface area (Å²) in [4.78, 5) is 22.4. The van der Waals surface area contributed by atoms with Crippen LogP contribution in [0.5, 0.6) is 0 Å². The van der Waals surface area contributed by atoms with Gasteiger partial charge < -0.3 is 14.4 Å². The predicted octanol–water partition coefficient (Wildman–Crippen LogP) is 1.78. The topological polar surface area (TPSA) is 64.5 Å².